The second kappa shape index (κ2) is 5.63. The average Bonchev–Trinajstić information content (AvgIpc) is 2.88. The van der Waals surface area contributed by atoms with E-state index < -0.39 is 5.97 Å². The van der Waals surface area contributed by atoms with Crippen LogP contribution in [0.1, 0.15) is 31.6 Å². The van der Waals surface area contributed by atoms with Crippen LogP contribution in [0.15, 0.2) is 28.7 Å². The number of carbonyl (C=O) groups is 1. The second-order valence-electron chi connectivity index (χ2n) is 5.20. The summed E-state index contributed by atoms with van der Waals surface area (Å²) in [6.07, 6.45) is 3.07. The molecule has 0 aliphatic heterocycles. The average molecular weight is 275 g/mol. The van der Waals surface area contributed by atoms with Crippen molar-refractivity contribution >= 4 is 17.1 Å². The third-order valence-electron chi connectivity index (χ3n) is 3.80. The maximum absolute atomic E-state index is 10.9. The van der Waals surface area contributed by atoms with Gasteiger partial charge in [0.05, 0.1) is 12.0 Å². The molecular formula is C15H17NO4. The molecule has 0 spiro atoms. The lowest BCUT2D eigenvalue weighted by Crippen LogP contribution is -2.25. The zero-order valence-electron chi connectivity index (χ0n) is 11.1. The van der Waals surface area contributed by atoms with Crippen LogP contribution >= 0.6 is 0 Å². The summed E-state index contributed by atoms with van der Waals surface area (Å²) >= 11 is 0. The quantitative estimate of drug-likeness (QED) is 0.928. The summed E-state index contributed by atoms with van der Waals surface area (Å²) in [7, 11) is 0. The van der Waals surface area contributed by atoms with Gasteiger partial charge in [-0.3, -0.25) is 4.79 Å². The Balaban J connectivity index is 1.54. The van der Waals surface area contributed by atoms with Gasteiger partial charge in [0.15, 0.2) is 5.58 Å². The van der Waals surface area contributed by atoms with Gasteiger partial charge in [-0.1, -0.05) is 12.1 Å². The molecule has 5 nitrogen and oxygen atoms in total. The van der Waals surface area contributed by atoms with Gasteiger partial charge in [0.25, 0.3) is 0 Å². The van der Waals surface area contributed by atoms with Crippen molar-refractivity contribution in [3.8, 4) is 0 Å². The number of carboxylic acids is 1. The molecule has 106 valence electrons. The van der Waals surface area contributed by atoms with E-state index in [0.717, 1.165) is 23.9 Å². The highest BCUT2D eigenvalue weighted by Crippen LogP contribution is 2.27. The number of oxazole rings is 1. The summed E-state index contributed by atoms with van der Waals surface area (Å²) in [6.45, 7) is 0.344. The van der Waals surface area contributed by atoms with E-state index in [1.54, 1.807) is 0 Å². The van der Waals surface area contributed by atoms with Crippen LogP contribution in [-0.4, -0.2) is 22.2 Å². The summed E-state index contributed by atoms with van der Waals surface area (Å²) in [4.78, 5) is 15.2. The Kier molecular flexibility index (Phi) is 3.69. The number of carboxylic acid groups (broad SMARTS) is 1. The molecule has 1 fully saturated rings. The highest BCUT2D eigenvalue weighted by atomic mass is 16.5. The molecule has 0 unspecified atom stereocenters. The van der Waals surface area contributed by atoms with Crippen molar-refractivity contribution in [1.29, 1.82) is 0 Å². The molecule has 1 N–H and O–H groups in total. The number of para-hydroxylation sites is 2. The third-order valence-corrected chi connectivity index (χ3v) is 3.80. The van der Waals surface area contributed by atoms with Gasteiger partial charge in [-0.05, 0) is 37.8 Å². The number of fused-ring (bicyclic) bond motifs is 1. The smallest absolute Gasteiger partial charge is 0.306 e. The van der Waals surface area contributed by atoms with Crippen molar-refractivity contribution in [2.45, 2.75) is 38.4 Å². The monoisotopic (exact) mass is 275 g/mol. The number of nitrogens with zero attached hydrogens (tertiary/aromatic N) is 1. The molecule has 0 amide bonds. The summed E-state index contributed by atoms with van der Waals surface area (Å²) in [5.74, 6) is -0.326. The Morgan fingerprint density at radius 1 is 1.30 bits per heavy atom. The molecule has 0 atom stereocenters. The fourth-order valence-corrected chi connectivity index (χ4v) is 2.65. The highest BCUT2D eigenvalue weighted by molar-refractivity contribution is 5.72. The Morgan fingerprint density at radius 3 is 2.75 bits per heavy atom. The maximum Gasteiger partial charge on any atom is 0.306 e. The van der Waals surface area contributed by atoms with Crippen LogP contribution < -0.4 is 0 Å². The van der Waals surface area contributed by atoms with E-state index in [0.29, 0.717) is 25.3 Å². The van der Waals surface area contributed by atoms with Gasteiger partial charge in [0.2, 0.25) is 5.89 Å². The molecule has 1 heterocycles. The first-order valence-corrected chi connectivity index (χ1v) is 6.91. The standard InChI is InChI=1S/C15H17NO4/c17-15(18)10-5-7-11(8-6-10)19-9-14-16-12-3-1-2-4-13(12)20-14/h1-4,10-11H,5-9H2,(H,17,18). The minimum absolute atomic E-state index is 0.112. The predicted octanol–water partition coefficient (Wildman–Crippen LogP) is 2.99. The van der Waals surface area contributed by atoms with Crippen LogP contribution in [0.25, 0.3) is 11.1 Å². The first-order chi connectivity index (χ1) is 9.72. The minimum Gasteiger partial charge on any atom is -0.481 e. The van der Waals surface area contributed by atoms with Crippen molar-refractivity contribution in [2.24, 2.45) is 5.92 Å². The van der Waals surface area contributed by atoms with Crippen molar-refractivity contribution in [1.82, 2.24) is 4.98 Å². The van der Waals surface area contributed by atoms with Crippen LogP contribution in [0, 0.1) is 5.92 Å². The maximum atomic E-state index is 10.9. The fraction of sp³-hybridized carbons (Fsp3) is 0.467. The predicted molar refractivity (Wildman–Crippen MR) is 72.2 cm³/mol. The molecule has 1 aromatic heterocycles. The topological polar surface area (TPSA) is 72.6 Å². The Bertz CT molecular complexity index is 566. The first kappa shape index (κ1) is 13.1. The molecule has 0 radical (unpaired) electrons. The first-order valence-electron chi connectivity index (χ1n) is 6.91. The van der Waals surface area contributed by atoms with Gasteiger partial charge in [0.1, 0.15) is 12.1 Å². The highest BCUT2D eigenvalue weighted by Gasteiger charge is 2.26. The number of rotatable bonds is 4. The number of ether oxygens (including phenoxy) is 1. The lowest BCUT2D eigenvalue weighted by Gasteiger charge is -2.25. The van der Waals surface area contributed by atoms with Crippen LogP contribution in [-0.2, 0) is 16.1 Å². The lowest BCUT2D eigenvalue weighted by molar-refractivity contribution is -0.144. The number of hydrogen-bond acceptors (Lipinski definition) is 4. The Labute approximate surface area is 116 Å². The molecule has 0 saturated heterocycles. The van der Waals surface area contributed by atoms with Crippen molar-refractivity contribution in [3.05, 3.63) is 30.2 Å². The van der Waals surface area contributed by atoms with Gasteiger partial charge in [-0.15, -0.1) is 0 Å². The van der Waals surface area contributed by atoms with Crippen molar-refractivity contribution in [2.75, 3.05) is 0 Å². The zero-order chi connectivity index (χ0) is 13.9. The number of aromatic nitrogens is 1. The van der Waals surface area contributed by atoms with E-state index in [9.17, 15) is 4.79 Å². The Morgan fingerprint density at radius 2 is 2.05 bits per heavy atom. The van der Waals surface area contributed by atoms with Gasteiger partial charge in [-0.2, -0.15) is 0 Å². The number of benzene rings is 1. The molecule has 20 heavy (non-hydrogen) atoms. The molecule has 1 saturated carbocycles. The van der Waals surface area contributed by atoms with E-state index >= 15 is 0 Å². The molecule has 5 heteroatoms. The minimum atomic E-state index is -0.692. The molecule has 1 aliphatic rings. The summed E-state index contributed by atoms with van der Waals surface area (Å²) in [6, 6.07) is 7.61. The van der Waals surface area contributed by atoms with E-state index in [2.05, 4.69) is 4.98 Å². The third kappa shape index (κ3) is 2.82. The summed E-state index contributed by atoms with van der Waals surface area (Å²) in [5, 5.41) is 8.95. The van der Waals surface area contributed by atoms with E-state index in [4.69, 9.17) is 14.3 Å². The van der Waals surface area contributed by atoms with Crippen LogP contribution in [0.3, 0.4) is 0 Å². The fourth-order valence-electron chi connectivity index (χ4n) is 2.65. The van der Waals surface area contributed by atoms with E-state index in [1.807, 2.05) is 24.3 Å². The largest absolute Gasteiger partial charge is 0.481 e. The molecule has 1 aliphatic carbocycles. The molecular weight excluding hydrogens is 258 g/mol. The SMILES string of the molecule is O=C(O)C1CCC(OCc2nc3ccccc3o2)CC1. The van der Waals surface area contributed by atoms with Crippen LogP contribution in [0.4, 0.5) is 0 Å². The van der Waals surface area contributed by atoms with Crippen LogP contribution in [0.2, 0.25) is 0 Å². The lowest BCUT2D eigenvalue weighted by atomic mass is 9.87. The normalized spacial score (nSPS) is 23.0. The number of hydrogen-bond donors (Lipinski definition) is 1. The zero-order valence-corrected chi connectivity index (χ0v) is 11.1. The van der Waals surface area contributed by atoms with Gasteiger partial charge in [0, 0.05) is 0 Å². The molecule has 3 rings (SSSR count). The van der Waals surface area contributed by atoms with E-state index in [-0.39, 0.29) is 12.0 Å². The molecule has 2 aromatic rings. The van der Waals surface area contributed by atoms with Gasteiger partial charge in [-0.25, -0.2) is 4.98 Å². The second-order valence-corrected chi connectivity index (χ2v) is 5.20. The molecule has 1 aromatic carbocycles. The van der Waals surface area contributed by atoms with Gasteiger partial charge >= 0.3 is 5.97 Å². The van der Waals surface area contributed by atoms with Crippen molar-refractivity contribution < 1.29 is 19.1 Å². The van der Waals surface area contributed by atoms with Gasteiger partial charge < -0.3 is 14.3 Å². The van der Waals surface area contributed by atoms with Crippen LogP contribution in [0.5, 0.6) is 0 Å². The Hall–Kier alpha value is -1.88. The summed E-state index contributed by atoms with van der Waals surface area (Å²) < 4.78 is 11.4. The van der Waals surface area contributed by atoms with Crippen molar-refractivity contribution in [3.63, 3.8) is 0 Å². The number of aliphatic carboxylic acids is 1. The van der Waals surface area contributed by atoms with E-state index in [1.165, 1.54) is 0 Å². The molecule has 0 bridgehead atoms. The summed E-state index contributed by atoms with van der Waals surface area (Å²) in [5.41, 5.74) is 1.60.